The summed E-state index contributed by atoms with van der Waals surface area (Å²) in [6.45, 7) is 1.66. The van der Waals surface area contributed by atoms with Crippen molar-refractivity contribution in [1.29, 1.82) is 0 Å². The second-order valence-corrected chi connectivity index (χ2v) is 5.99. The molecule has 0 spiro atoms. The number of carbonyl (C=O) groups excluding carboxylic acids is 1. The van der Waals surface area contributed by atoms with Crippen LogP contribution in [0.4, 0.5) is 5.69 Å². The molecule has 1 aliphatic rings. The number of nitrogens with zero attached hydrogens (tertiary/aromatic N) is 3. The predicted octanol–water partition coefficient (Wildman–Crippen LogP) is 2.13. The van der Waals surface area contributed by atoms with E-state index < -0.39 is 0 Å². The fourth-order valence-corrected chi connectivity index (χ4v) is 2.89. The minimum absolute atomic E-state index is 0.0938. The van der Waals surface area contributed by atoms with E-state index in [9.17, 15) is 4.79 Å². The molecule has 1 aromatic heterocycles. The number of benzene rings is 1. The molecule has 2 heterocycles. The quantitative estimate of drug-likeness (QED) is 0.880. The van der Waals surface area contributed by atoms with Crippen molar-refractivity contribution < 1.29 is 4.79 Å². The van der Waals surface area contributed by atoms with E-state index in [2.05, 4.69) is 40.6 Å². The summed E-state index contributed by atoms with van der Waals surface area (Å²) in [5.41, 5.74) is 4.74. The SMILES string of the molecule is CN1CCCc2cc(CNC(=O)/C=C\c3cnn(C)c3)ccc21. The van der Waals surface area contributed by atoms with Crippen LogP contribution in [0.25, 0.3) is 6.08 Å². The topological polar surface area (TPSA) is 50.2 Å². The lowest BCUT2D eigenvalue weighted by Gasteiger charge is -2.27. The first-order valence-electron chi connectivity index (χ1n) is 7.89. The van der Waals surface area contributed by atoms with Gasteiger partial charge in [-0.25, -0.2) is 0 Å². The van der Waals surface area contributed by atoms with Gasteiger partial charge in [-0.15, -0.1) is 0 Å². The van der Waals surface area contributed by atoms with Gasteiger partial charge >= 0.3 is 0 Å². The molecule has 0 unspecified atom stereocenters. The number of hydrogen-bond acceptors (Lipinski definition) is 3. The number of amides is 1. The normalized spacial score (nSPS) is 14.1. The van der Waals surface area contributed by atoms with Gasteiger partial charge in [0, 0.05) is 50.7 Å². The molecule has 1 amide bonds. The highest BCUT2D eigenvalue weighted by atomic mass is 16.1. The highest BCUT2D eigenvalue weighted by molar-refractivity contribution is 5.91. The Balaban J connectivity index is 1.58. The van der Waals surface area contributed by atoms with Crippen LogP contribution in [-0.2, 0) is 24.8 Å². The van der Waals surface area contributed by atoms with E-state index in [-0.39, 0.29) is 5.91 Å². The second kappa shape index (κ2) is 6.69. The van der Waals surface area contributed by atoms with Crippen LogP contribution in [0.1, 0.15) is 23.1 Å². The third kappa shape index (κ3) is 3.80. The van der Waals surface area contributed by atoms with E-state index in [1.54, 1.807) is 23.0 Å². The zero-order valence-corrected chi connectivity index (χ0v) is 13.6. The summed E-state index contributed by atoms with van der Waals surface area (Å²) in [6, 6.07) is 6.45. The van der Waals surface area contributed by atoms with Crippen LogP contribution in [0.2, 0.25) is 0 Å². The fourth-order valence-electron chi connectivity index (χ4n) is 2.89. The summed E-state index contributed by atoms with van der Waals surface area (Å²) in [6.07, 6.45) is 9.20. The second-order valence-electron chi connectivity index (χ2n) is 5.99. The number of anilines is 1. The lowest BCUT2D eigenvalue weighted by Crippen LogP contribution is -2.25. The van der Waals surface area contributed by atoms with Gasteiger partial charge in [-0.1, -0.05) is 12.1 Å². The zero-order valence-electron chi connectivity index (χ0n) is 13.6. The Morgan fingerprint density at radius 3 is 3.04 bits per heavy atom. The van der Waals surface area contributed by atoms with Crippen LogP contribution in [0, 0.1) is 0 Å². The molecule has 2 aromatic rings. The van der Waals surface area contributed by atoms with Crippen LogP contribution < -0.4 is 10.2 Å². The highest BCUT2D eigenvalue weighted by Gasteiger charge is 2.13. The van der Waals surface area contributed by atoms with Gasteiger partial charge in [-0.05, 0) is 36.1 Å². The molecule has 0 saturated carbocycles. The first-order chi connectivity index (χ1) is 11.1. The van der Waals surface area contributed by atoms with Gasteiger partial charge in [0.15, 0.2) is 0 Å². The maximum Gasteiger partial charge on any atom is 0.244 e. The Hall–Kier alpha value is -2.56. The standard InChI is InChI=1S/C18H22N4O/c1-21-9-3-4-16-10-14(5-7-17(16)21)11-19-18(23)8-6-15-12-20-22(2)13-15/h5-8,10,12-13H,3-4,9,11H2,1-2H3,(H,19,23)/b8-6-. The number of carbonyl (C=O) groups is 1. The van der Waals surface area contributed by atoms with E-state index in [0.29, 0.717) is 6.54 Å². The van der Waals surface area contributed by atoms with Crippen LogP contribution in [0.5, 0.6) is 0 Å². The third-order valence-corrected chi connectivity index (χ3v) is 4.11. The van der Waals surface area contributed by atoms with Crippen molar-refractivity contribution in [2.24, 2.45) is 7.05 Å². The Labute approximate surface area is 136 Å². The van der Waals surface area contributed by atoms with E-state index in [1.807, 2.05) is 13.2 Å². The van der Waals surface area contributed by atoms with Crippen molar-refractivity contribution in [1.82, 2.24) is 15.1 Å². The Morgan fingerprint density at radius 1 is 1.39 bits per heavy atom. The minimum atomic E-state index is -0.0938. The van der Waals surface area contributed by atoms with Gasteiger partial charge in [0.25, 0.3) is 0 Å². The van der Waals surface area contributed by atoms with Gasteiger partial charge in [-0.2, -0.15) is 5.10 Å². The molecule has 3 rings (SSSR count). The molecule has 5 nitrogen and oxygen atoms in total. The average Bonchev–Trinajstić information content (AvgIpc) is 2.96. The van der Waals surface area contributed by atoms with E-state index >= 15 is 0 Å². The molecule has 0 bridgehead atoms. The largest absolute Gasteiger partial charge is 0.374 e. The molecule has 0 atom stereocenters. The predicted molar refractivity (Wildman–Crippen MR) is 92.1 cm³/mol. The van der Waals surface area contributed by atoms with Gasteiger partial charge in [0.1, 0.15) is 0 Å². The molecule has 1 N–H and O–H groups in total. The molecule has 120 valence electrons. The summed E-state index contributed by atoms with van der Waals surface area (Å²) in [7, 11) is 3.98. The molecule has 0 fully saturated rings. The monoisotopic (exact) mass is 310 g/mol. The molecule has 5 heteroatoms. The number of aromatic nitrogens is 2. The Bertz CT molecular complexity index is 732. The van der Waals surface area contributed by atoms with Crippen molar-refractivity contribution >= 4 is 17.7 Å². The number of aryl methyl sites for hydroxylation is 2. The van der Waals surface area contributed by atoms with Crippen LogP contribution in [-0.4, -0.2) is 29.3 Å². The lowest BCUT2D eigenvalue weighted by molar-refractivity contribution is -0.116. The van der Waals surface area contributed by atoms with Crippen LogP contribution in [0.15, 0.2) is 36.7 Å². The number of hydrogen-bond donors (Lipinski definition) is 1. The highest BCUT2D eigenvalue weighted by Crippen LogP contribution is 2.26. The maximum absolute atomic E-state index is 11.9. The first-order valence-corrected chi connectivity index (χ1v) is 7.89. The summed E-state index contributed by atoms with van der Waals surface area (Å²) in [5.74, 6) is -0.0938. The number of rotatable bonds is 4. The number of nitrogens with one attached hydrogen (secondary N) is 1. The Morgan fingerprint density at radius 2 is 2.26 bits per heavy atom. The molecular formula is C18H22N4O. The summed E-state index contributed by atoms with van der Waals surface area (Å²) in [4.78, 5) is 14.2. The molecule has 1 aromatic carbocycles. The summed E-state index contributed by atoms with van der Waals surface area (Å²) < 4.78 is 1.71. The molecule has 23 heavy (non-hydrogen) atoms. The van der Waals surface area contributed by atoms with Gasteiger partial charge < -0.3 is 10.2 Å². The molecule has 1 aliphatic heterocycles. The minimum Gasteiger partial charge on any atom is -0.374 e. The van der Waals surface area contributed by atoms with Crippen molar-refractivity contribution in [3.63, 3.8) is 0 Å². The maximum atomic E-state index is 11.9. The van der Waals surface area contributed by atoms with Crippen molar-refractivity contribution in [3.05, 3.63) is 53.4 Å². The summed E-state index contributed by atoms with van der Waals surface area (Å²) >= 11 is 0. The number of fused-ring (bicyclic) bond motifs is 1. The Kier molecular flexibility index (Phi) is 4.46. The van der Waals surface area contributed by atoms with Crippen molar-refractivity contribution in [2.75, 3.05) is 18.5 Å². The van der Waals surface area contributed by atoms with Gasteiger partial charge in [0.2, 0.25) is 5.91 Å². The lowest BCUT2D eigenvalue weighted by atomic mass is 9.99. The van der Waals surface area contributed by atoms with E-state index in [4.69, 9.17) is 0 Å². The van der Waals surface area contributed by atoms with Gasteiger partial charge in [-0.3, -0.25) is 9.48 Å². The first kappa shape index (κ1) is 15.3. The van der Waals surface area contributed by atoms with Crippen LogP contribution >= 0.6 is 0 Å². The van der Waals surface area contributed by atoms with E-state index in [1.165, 1.54) is 17.7 Å². The van der Waals surface area contributed by atoms with Gasteiger partial charge in [0.05, 0.1) is 6.20 Å². The average molecular weight is 310 g/mol. The molecular weight excluding hydrogens is 288 g/mol. The third-order valence-electron chi connectivity index (χ3n) is 4.11. The van der Waals surface area contributed by atoms with Crippen LogP contribution in [0.3, 0.4) is 0 Å². The smallest absolute Gasteiger partial charge is 0.244 e. The van der Waals surface area contributed by atoms with Crippen molar-refractivity contribution in [3.8, 4) is 0 Å². The molecule has 0 radical (unpaired) electrons. The molecule has 0 saturated heterocycles. The van der Waals surface area contributed by atoms with Crippen molar-refractivity contribution in [2.45, 2.75) is 19.4 Å². The summed E-state index contributed by atoms with van der Waals surface area (Å²) in [5, 5.41) is 6.99. The van der Waals surface area contributed by atoms with E-state index in [0.717, 1.165) is 24.1 Å². The fraction of sp³-hybridized carbons (Fsp3) is 0.333. The zero-order chi connectivity index (χ0) is 16.2. The molecule has 0 aliphatic carbocycles.